The molecule has 0 radical (unpaired) electrons. The van der Waals surface area contributed by atoms with Gasteiger partial charge in [0.1, 0.15) is 16.6 Å². The summed E-state index contributed by atoms with van der Waals surface area (Å²) in [4.78, 5) is 45.0. The molecule has 27 heteroatoms. The van der Waals surface area contributed by atoms with E-state index in [1.807, 2.05) is 12.1 Å². The molecular weight excluding hydrogens is 895 g/mol. The molecule has 2 fully saturated rings. The van der Waals surface area contributed by atoms with Crippen LogP contribution in [0.4, 0.5) is 17.1 Å². The third-order valence-corrected chi connectivity index (χ3v) is 11.9. The van der Waals surface area contributed by atoms with Crippen molar-refractivity contribution in [2.75, 3.05) is 14.7 Å². The summed E-state index contributed by atoms with van der Waals surface area (Å²) in [7, 11) is 0. The number of carbonyl (C=O) groups is 3. The number of aromatic nitrogens is 18. The summed E-state index contributed by atoms with van der Waals surface area (Å²) < 4.78 is 0. The van der Waals surface area contributed by atoms with Crippen molar-refractivity contribution in [3.05, 3.63) is 90.7 Å². The molecule has 11 rings (SSSR count). The van der Waals surface area contributed by atoms with Gasteiger partial charge in [0, 0.05) is 52.0 Å². The SMILES string of the molecule is CCC(=O)N(Cc1nn[nH]n1)c1ccc2c(cnn2O)c1.O=C(C1CC1)N(Cc1nn[nH]n1)c1ccc2c(cnn2O)c1.O=C(CCC1CCCC1)N(Cc1nn[nH]n1)c1ccc2c(cnn2O)c1. The van der Waals surface area contributed by atoms with Crippen LogP contribution >= 0.6 is 0 Å². The smallest absolute Gasteiger partial charge is 0.230 e. The van der Waals surface area contributed by atoms with E-state index in [1.54, 1.807) is 76.5 Å². The van der Waals surface area contributed by atoms with Crippen molar-refractivity contribution >= 4 is 67.5 Å². The Morgan fingerprint density at radius 1 is 0.580 bits per heavy atom. The minimum absolute atomic E-state index is 0.0393. The summed E-state index contributed by atoms with van der Waals surface area (Å²) in [6.07, 6.45) is 13.2. The summed E-state index contributed by atoms with van der Waals surface area (Å²) in [5.74, 6) is 2.09. The predicted molar refractivity (Wildman–Crippen MR) is 241 cm³/mol. The van der Waals surface area contributed by atoms with E-state index in [0.717, 1.165) is 61.3 Å². The van der Waals surface area contributed by atoms with Crippen LogP contribution in [0.3, 0.4) is 0 Å². The summed E-state index contributed by atoms with van der Waals surface area (Å²) in [5, 5.41) is 83.6. The summed E-state index contributed by atoms with van der Waals surface area (Å²) >= 11 is 0. The van der Waals surface area contributed by atoms with Crippen LogP contribution in [-0.4, -0.2) is 125 Å². The standard InChI is InChI=1S/C17H21N7O2.C13H13N7O2.C12H13N7O2/c25-17(8-5-12-3-1-2-4-12)23(11-16-19-21-22-20-16)14-6-7-15-13(9-14)10-18-24(15)26;21-13(8-1-2-8)19(7-12-15-17-18-16-12)10-3-4-11-9(5-10)6-14-20(11)22;1-2-12(20)18(7-11-14-16-17-15-11)9-3-4-10-8(5-9)6-13-19(10)21/h6-7,9-10,12,26H,1-5,8,11H2,(H,19,20,21,22);3-6,8,22H,1-2,7H2,(H,15,16,17,18);3-6,21H,2,7H2,1H3,(H,14,15,16,17). The second kappa shape index (κ2) is 20.3. The number of benzene rings is 3. The Morgan fingerprint density at radius 3 is 1.38 bits per heavy atom. The first kappa shape index (κ1) is 45.3. The molecule has 27 nitrogen and oxygen atoms in total. The number of carbonyl (C=O) groups excluding carboxylic acids is 3. The Kier molecular flexibility index (Phi) is 13.3. The highest BCUT2D eigenvalue weighted by molar-refractivity contribution is 5.99. The monoisotopic (exact) mass is 941 g/mol. The first-order valence-corrected chi connectivity index (χ1v) is 22.2. The van der Waals surface area contributed by atoms with Crippen LogP contribution in [0, 0.1) is 11.8 Å². The lowest BCUT2D eigenvalue weighted by atomic mass is 10.0. The molecule has 6 heterocycles. The number of tetrazole rings is 3. The van der Waals surface area contributed by atoms with Crippen molar-refractivity contribution in [2.45, 2.75) is 84.3 Å². The van der Waals surface area contributed by atoms with Gasteiger partial charge in [-0.15, -0.1) is 60.4 Å². The lowest BCUT2D eigenvalue weighted by molar-refractivity contribution is -0.120. The minimum atomic E-state index is -0.0597. The maximum absolute atomic E-state index is 12.9. The maximum atomic E-state index is 12.9. The quantitative estimate of drug-likeness (QED) is 0.0845. The third kappa shape index (κ3) is 10.6. The van der Waals surface area contributed by atoms with Crippen molar-refractivity contribution in [1.29, 1.82) is 0 Å². The van der Waals surface area contributed by atoms with Crippen LogP contribution in [0.25, 0.3) is 32.7 Å². The van der Waals surface area contributed by atoms with E-state index < -0.39 is 0 Å². The van der Waals surface area contributed by atoms with Crippen molar-refractivity contribution in [1.82, 2.24) is 91.7 Å². The van der Waals surface area contributed by atoms with E-state index in [9.17, 15) is 30.0 Å². The first-order chi connectivity index (χ1) is 33.6. The molecule has 356 valence electrons. The number of aromatic amines is 3. The van der Waals surface area contributed by atoms with Crippen LogP contribution in [0.2, 0.25) is 0 Å². The second-order valence-electron chi connectivity index (χ2n) is 16.5. The molecule has 6 N–H and O–H groups in total. The van der Waals surface area contributed by atoms with Crippen LogP contribution in [-0.2, 0) is 34.0 Å². The molecule has 69 heavy (non-hydrogen) atoms. The summed E-state index contributed by atoms with van der Waals surface area (Å²) in [5.41, 5.74) is 3.89. The molecule has 2 aliphatic rings. The normalized spacial score (nSPS) is 13.5. The Bertz CT molecular complexity index is 3140. The Hall–Kier alpha value is -8.91. The fourth-order valence-corrected chi connectivity index (χ4v) is 8.14. The topological polar surface area (TPSA) is 338 Å². The van der Waals surface area contributed by atoms with Crippen LogP contribution in [0.5, 0.6) is 0 Å². The van der Waals surface area contributed by atoms with Crippen LogP contribution in [0.1, 0.15) is 82.2 Å². The Labute approximate surface area is 389 Å². The fraction of sp³-hybridized carbons (Fsp3) is 0.357. The number of nitrogens with one attached hydrogen (secondary N) is 3. The van der Waals surface area contributed by atoms with Gasteiger partial charge < -0.3 is 30.3 Å². The van der Waals surface area contributed by atoms with Gasteiger partial charge in [-0.2, -0.15) is 15.6 Å². The van der Waals surface area contributed by atoms with Gasteiger partial charge in [-0.3, -0.25) is 14.4 Å². The molecule has 3 amide bonds. The number of H-pyrrole nitrogens is 3. The second-order valence-corrected chi connectivity index (χ2v) is 16.5. The van der Waals surface area contributed by atoms with E-state index in [1.165, 1.54) is 31.9 Å². The van der Waals surface area contributed by atoms with Gasteiger partial charge in [0.05, 0.1) is 38.2 Å². The van der Waals surface area contributed by atoms with E-state index in [-0.39, 0.29) is 43.3 Å². The molecule has 9 aromatic rings. The average molecular weight is 942 g/mol. The zero-order valence-corrected chi connectivity index (χ0v) is 37.2. The zero-order valence-electron chi connectivity index (χ0n) is 37.2. The van der Waals surface area contributed by atoms with Crippen molar-refractivity contribution in [2.24, 2.45) is 11.8 Å². The van der Waals surface area contributed by atoms with Gasteiger partial charge in [0.2, 0.25) is 17.7 Å². The number of anilines is 3. The number of hydrogen-bond acceptors (Lipinski definition) is 18. The van der Waals surface area contributed by atoms with Crippen molar-refractivity contribution in [3.63, 3.8) is 0 Å². The molecule has 3 aromatic carbocycles. The van der Waals surface area contributed by atoms with E-state index >= 15 is 0 Å². The lowest BCUT2D eigenvalue weighted by Gasteiger charge is -2.22. The summed E-state index contributed by atoms with van der Waals surface area (Å²) in [6.45, 7) is 2.52. The van der Waals surface area contributed by atoms with Gasteiger partial charge in [-0.1, -0.05) is 48.2 Å². The lowest BCUT2D eigenvalue weighted by Crippen LogP contribution is -2.32. The van der Waals surface area contributed by atoms with Crippen LogP contribution < -0.4 is 14.7 Å². The Balaban J connectivity index is 0.000000130. The minimum Gasteiger partial charge on any atom is -0.411 e. The number of nitrogens with zero attached hydrogens (tertiary/aromatic N) is 18. The molecular formula is C42H47N21O6. The number of amides is 3. The molecule has 0 bridgehead atoms. The molecule has 2 aliphatic carbocycles. The number of fused-ring (bicyclic) bond motifs is 3. The largest absolute Gasteiger partial charge is 0.411 e. The summed E-state index contributed by atoms with van der Waals surface area (Å²) in [6, 6.07) is 15.9. The van der Waals surface area contributed by atoms with E-state index in [0.29, 0.717) is 58.5 Å². The fourth-order valence-electron chi connectivity index (χ4n) is 8.14. The van der Waals surface area contributed by atoms with Gasteiger partial charge in [-0.25, -0.2) is 0 Å². The highest BCUT2D eigenvalue weighted by Gasteiger charge is 2.35. The van der Waals surface area contributed by atoms with Crippen molar-refractivity contribution < 1.29 is 30.0 Å². The highest BCUT2D eigenvalue weighted by atomic mass is 16.5. The van der Waals surface area contributed by atoms with E-state index in [2.05, 4.69) is 77.2 Å². The molecule has 0 atom stereocenters. The molecule has 0 spiro atoms. The molecule has 0 saturated heterocycles. The third-order valence-electron chi connectivity index (χ3n) is 11.9. The molecule has 2 saturated carbocycles. The van der Waals surface area contributed by atoms with Crippen LogP contribution in [0.15, 0.2) is 73.2 Å². The Morgan fingerprint density at radius 2 is 0.986 bits per heavy atom. The predicted octanol–water partition coefficient (Wildman–Crippen LogP) is 3.75. The van der Waals surface area contributed by atoms with Gasteiger partial charge in [0.25, 0.3) is 0 Å². The zero-order chi connectivity index (χ0) is 47.9. The molecule has 0 aliphatic heterocycles. The van der Waals surface area contributed by atoms with Crippen molar-refractivity contribution in [3.8, 4) is 0 Å². The van der Waals surface area contributed by atoms with Gasteiger partial charge in [0.15, 0.2) is 17.5 Å². The first-order valence-electron chi connectivity index (χ1n) is 22.2. The number of hydrogen-bond donors (Lipinski definition) is 6. The molecule has 0 unspecified atom stereocenters. The van der Waals surface area contributed by atoms with Gasteiger partial charge >= 0.3 is 0 Å². The highest BCUT2D eigenvalue weighted by Crippen LogP contribution is 2.34. The maximum Gasteiger partial charge on any atom is 0.230 e. The average Bonchev–Trinajstić information content (AvgIpc) is 4.17. The van der Waals surface area contributed by atoms with Gasteiger partial charge in [-0.05, 0) is 79.8 Å². The molecule has 6 aromatic heterocycles. The number of rotatable bonds is 14. The van der Waals surface area contributed by atoms with E-state index in [4.69, 9.17) is 0 Å².